The molecular weight excluding hydrogens is 1510 g/mol. The van der Waals surface area contributed by atoms with Crippen molar-refractivity contribution in [3.05, 3.63) is 447 Å². The van der Waals surface area contributed by atoms with Crippen LogP contribution in [0.4, 0.5) is 0 Å². The van der Waals surface area contributed by atoms with Gasteiger partial charge in [0.15, 0.2) is 0 Å². The van der Waals surface area contributed by atoms with E-state index in [2.05, 4.69) is 457 Å². The average molecular weight is 1630 g/mol. The molecule has 620 valence electrons. The Morgan fingerprint density at radius 1 is 0.127 bits per heavy atom. The molecule has 0 saturated heterocycles. The second kappa shape index (κ2) is 35.9. The van der Waals surface area contributed by atoms with Crippen LogP contribution in [0.15, 0.2) is 291 Å². The normalized spacial score (nSPS) is 11.3. The second-order valence-electron chi connectivity index (χ2n) is 37.8. The van der Waals surface area contributed by atoms with Crippen LogP contribution in [0.25, 0.3) is 55.7 Å². The zero-order valence-electron chi connectivity index (χ0n) is 79.0. The first-order valence-electron chi connectivity index (χ1n) is 45.5. The molecule has 0 amide bonds. The van der Waals surface area contributed by atoms with Gasteiger partial charge in [0, 0.05) is 0 Å². The fourth-order valence-electron chi connectivity index (χ4n) is 22.8. The van der Waals surface area contributed by atoms with Gasteiger partial charge in [0.1, 0.15) is 0 Å². The van der Waals surface area contributed by atoms with E-state index < -0.39 is 0 Å². The molecule has 0 saturated carbocycles. The fraction of sp³-hybridized carbons (Fsp3) is 0.197. The smallest absolute Gasteiger partial charge is 0.0686 e. The summed E-state index contributed by atoms with van der Waals surface area (Å²) in [6.45, 7) is 54.9. The molecule has 0 aliphatic rings. The molecular formula is C122H120B4. The molecule has 0 unspecified atom stereocenters. The zero-order chi connectivity index (χ0) is 89.1. The molecule has 16 rings (SSSR count). The van der Waals surface area contributed by atoms with Crippen molar-refractivity contribution in [2.45, 2.75) is 166 Å². The summed E-state index contributed by atoms with van der Waals surface area (Å²) in [7, 11) is 0. The van der Waals surface area contributed by atoms with Crippen molar-refractivity contribution in [3.8, 4) is 44.5 Å². The van der Waals surface area contributed by atoms with Gasteiger partial charge in [0.05, 0.1) is 0 Å². The first-order valence-corrected chi connectivity index (χ1v) is 45.5. The highest BCUT2D eigenvalue weighted by atomic mass is 14.2. The summed E-state index contributed by atoms with van der Waals surface area (Å²) in [5.41, 5.74) is 64.2. The molecule has 0 spiro atoms. The van der Waals surface area contributed by atoms with Gasteiger partial charge < -0.3 is 0 Å². The monoisotopic (exact) mass is 1630 g/mol. The number of hydrogen-bond acceptors (Lipinski definition) is 0. The van der Waals surface area contributed by atoms with Gasteiger partial charge in [-0.25, -0.2) is 0 Å². The molecule has 0 aromatic heterocycles. The number of rotatable bonds is 20. The Kier molecular flexibility index (Phi) is 24.8. The fourth-order valence-corrected chi connectivity index (χ4v) is 22.8. The standard InChI is InChI=1S/C122H120B4/c1-73-57-81(9)115(82(10)58-73)123(116-83(11)59-74(2)60-84(116)12)109-49-41-101(42-50-109)97-25-33-105(34-26-97)113(106-35-27-98(28-36-106)102-43-51-110(52-44-102)124(117-85(13)61-75(3)62-86(117)14)118-87(15)63-76(4)64-88(118)16)114(107-37-29-99(30-38-107)103-45-53-111(54-46-103)125(119-89(17)65-77(5)66-90(119)18)120-91(19)67-78(6)68-92(120)20)108-39-31-100(32-40-108)104-47-55-112(56-48-104)126(121-93(21)69-79(7)70-94(121)22)122-95(23)71-80(8)72-96(122)24/h25-72H,1-24H3. The zero-order valence-corrected chi connectivity index (χ0v) is 79.0. The Balaban J connectivity index is 0.848. The topological polar surface area (TPSA) is 0 Å². The molecule has 4 heteroatoms. The minimum atomic E-state index is 0.0784. The van der Waals surface area contributed by atoms with E-state index in [4.69, 9.17) is 0 Å². The summed E-state index contributed by atoms with van der Waals surface area (Å²) in [5, 5.41) is 0. The Labute approximate surface area is 755 Å². The van der Waals surface area contributed by atoms with Gasteiger partial charge in [-0.3, -0.25) is 0 Å². The molecule has 0 aliphatic carbocycles. The van der Waals surface area contributed by atoms with Crippen LogP contribution in [-0.2, 0) is 0 Å². The summed E-state index contributed by atoms with van der Waals surface area (Å²) in [6.07, 6.45) is 0. The van der Waals surface area contributed by atoms with E-state index in [-0.39, 0.29) is 26.9 Å². The van der Waals surface area contributed by atoms with Crippen LogP contribution in [0.5, 0.6) is 0 Å². The van der Waals surface area contributed by atoms with Gasteiger partial charge in [-0.2, -0.15) is 0 Å². The number of benzene rings is 16. The van der Waals surface area contributed by atoms with Gasteiger partial charge in [-0.1, -0.05) is 490 Å². The molecule has 126 heavy (non-hydrogen) atoms. The van der Waals surface area contributed by atoms with Crippen LogP contribution in [-0.4, -0.2) is 26.9 Å². The summed E-state index contributed by atoms with van der Waals surface area (Å²) in [4.78, 5) is 0. The van der Waals surface area contributed by atoms with Gasteiger partial charge in [0.25, 0.3) is 0 Å². The molecule has 16 aromatic carbocycles. The number of aryl methyl sites for hydroxylation is 24. The SMILES string of the molecule is Cc1cc(C)c(B(c2ccc(-c3ccc(C(=C(c4ccc(-c5ccc(B(c6c(C)cc(C)cc6C)c6c(C)cc(C)cc6C)cc5)cc4)c4ccc(-c5ccc(B(c6c(C)cc(C)cc6C)c6c(C)cc(C)cc6C)cc5)cc4)c4ccc(-c5ccc(B(c6c(C)cc(C)cc6C)c6c(C)cc(C)cc6C)cc5)cc4)cc3)cc2)c2c(C)cc(C)cc2C)c(C)c1. The maximum absolute atomic E-state index is 2.39. The Bertz CT molecular complexity index is 5640. The molecule has 0 bridgehead atoms. The summed E-state index contributed by atoms with van der Waals surface area (Å²) >= 11 is 0. The van der Waals surface area contributed by atoms with Crippen LogP contribution in [0.3, 0.4) is 0 Å². The minimum Gasteiger partial charge on any atom is -0.0686 e. The lowest BCUT2D eigenvalue weighted by Crippen LogP contribution is -2.55. The molecule has 0 atom stereocenters. The molecule has 0 aliphatic heterocycles. The average Bonchev–Trinajstić information content (AvgIpc) is 0.777. The quantitative estimate of drug-likeness (QED) is 0.0527. The lowest BCUT2D eigenvalue weighted by Gasteiger charge is -2.25. The van der Waals surface area contributed by atoms with Crippen LogP contribution < -0.4 is 65.6 Å². The van der Waals surface area contributed by atoms with E-state index in [1.165, 1.54) is 244 Å². The van der Waals surface area contributed by atoms with Crippen molar-refractivity contribution >= 4 is 104 Å². The maximum atomic E-state index is 2.39. The summed E-state index contributed by atoms with van der Waals surface area (Å²) in [5.74, 6) is 0. The van der Waals surface area contributed by atoms with Crippen LogP contribution in [0.1, 0.15) is 156 Å². The third-order valence-electron chi connectivity index (χ3n) is 27.5. The summed E-state index contributed by atoms with van der Waals surface area (Å²) < 4.78 is 0. The molecule has 0 nitrogen and oxygen atoms in total. The van der Waals surface area contributed by atoms with E-state index in [9.17, 15) is 0 Å². The minimum absolute atomic E-state index is 0.0784. The van der Waals surface area contributed by atoms with Crippen molar-refractivity contribution in [3.63, 3.8) is 0 Å². The third kappa shape index (κ3) is 17.4. The molecule has 0 N–H and O–H groups in total. The number of hydrogen-bond donors (Lipinski definition) is 0. The van der Waals surface area contributed by atoms with Crippen molar-refractivity contribution in [2.75, 3.05) is 0 Å². The van der Waals surface area contributed by atoms with Crippen LogP contribution >= 0.6 is 0 Å². The van der Waals surface area contributed by atoms with E-state index in [1.54, 1.807) is 0 Å². The van der Waals surface area contributed by atoms with Crippen molar-refractivity contribution in [1.29, 1.82) is 0 Å². The van der Waals surface area contributed by atoms with Crippen LogP contribution in [0.2, 0.25) is 0 Å². The van der Waals surface area contributed by atoms with E-state index in [1.807, 2.05) is 0 Å². The maximum Gasteiger partial charge on any atom is 0.242 e. The van der Waals surface area contributed by atoms with Gasteiger partial charge in [-0.05, 0) is 244 Å². The Morgan fingerprint density at radius 3 is 0.325 bits per heavy atom. The van der Waals surface area contributed by atoms with E-state index in [0.717, 1.165) is 33.4 Å². The molecule has 16 aromatic rings. The van der Waals surface area contributed by atoms with Gasteiger partial charge >= 0.3 is 0 Å². The Morgan fingerprint density at radius 2 is 0.222 bits per heavy atom. The van der Waals surface area contributed by atoms with E-state index in [0.29, 0.717) is 0 Å². The summed E-state index contributed by atoms with van der Waals surface area (Å²) in [6, 6.07) is 114. The lowest BCUT2D eigenvalue weighted by molar-refractivity contribution is 1.34. The first-order chi connectivity index (χ1) is 60.3. The second-order valence-corrected chi connectivity index (χ2v) is 37.8. The molecule has 0 heterocycles. The highest BCUT2D eigenvalue weighted by Crippen LogP contribution is 2.41. The largest absolute Gasteiger partial charge is 0.242 e. The highest BCUT2D eigenvalue weighted by molar-refractivity contribution is 6.98. The Hall–Kier alpha value is -12.5. The third-order valence-corrected chi connectivity index (χ3v) is 27.5. The van der Waals surface area contributed by atoms with Gasteiger partial charge in [0.2, 0.25) is 26.9 Å². The molecule has 0 radical (unpaired) electrons. The molecule has 0 fully saturated rings. The van der Waals surface area contributed by atoms with Gasteiger partial charge in [-0.15, -0.1) is 0 Å². The first kappa shape index (κ1) is 87.0. The lowest BCUT2D eigenvalue weighted by atomic mass is 9.34. The highest BCUT2D eigenvalue weighted by Gasteiger charge is 2.34. The van der Waals surface area contributed by atoms with Crippen molar-refractivity contribution in [1.82, 2.24) is 0 Å². The van der Waals surface area contributed by atoms with Crippen molar-refractivity contribution in [2.24, 2.45) is 0 Å². The van der Waals surface area contributed by atoms with Crippen LogP contribution in [0, 0.1) is 166 Å². The predicted octanol–water partition coefficient (Wildman–Crippen LogP) is 22.8. The van der Waals surface area contributed by atoms with Crippen molar-refractivity contribution < 1.29 is 0 Å². The van der Waals surface area contributed by atoms with E-state index >= 15 is 0 Å². The predicted molar refractivity (Wildman–Crippen MR) is 556 cm³/mol.